The molecule has 0 unspecified atom stereocenters. The van der Waals surface area contributed by atoms with Crippen LogP contribution in [0.25, 0.3) is 11.5 Å². The quantitative estimate of drug-likeness (QED) is 0.458. The topological polar surface area (TPSA) is 82.2 Å². The lowest BCUT2D eigenvalue weighted by molar-refractivity contribution is -0.116. The number of carbonyl (C=O) groups excluding carboxylic acids is 1. The third kappa shape index (κ3) is 6.12. The van der Waals surface area contributed by atoms with Crippen molar-refractivity contribution in [3.63, 3.8) is 0 Å². The molecule has 9 heteroatoms. The van der Waals surface area contributed by atoms with E-state index in [-0.39, 0.29) is 33.4 Å². The van der Waals surface area contributed by atoms with Gasteiger partial charge < -0.3 is 9.32 Å². The smallest absolute Gasteiger partial charge is 0.239 e. The zero-order chi connectivity index (χ0) is 20.0. The molecule has 0 aliphatic rings. The molecule has 1 N–H and O–H groups in total. The van der Waals surface area contributed by atoms with Gasteiger partial charge in [-0.1, -0.05) is 41.2 Å². The molecule has 0 spiro atoms. The molecule has 0 atom stereocenters. The number of oxazole rings is 1. The number of carbonyl (C=O) groups is 1. The number of amides is 1. The summed E-state index contributed by atoms with van der Waals surface area (Å²) in [5.41, 5.74) is 0.299. The highest BCUT2D eigenvalue weighted by Crippen LogP contribution is 2.37. The fourth-order valence-electron chi connectivity index (χ4n) is 2.39. The van der Waals surface area contributed by atoms with Gasteiger partial charge in [0.1, 0.15) is 6.07 Å². The maximum atomic E-state index is 12.1. The lowest BCUT2D eigenvalue weighted by Crippen LogP contribution is -2.14. The molecule has 6 nitrogen and oxygen atoms in total. The maximum absolute atomic E-state index is 12.1. The highest BCUT2D eigenvalue weighted by molar-refractivity contribution is 6.44. The van der Waals surface area contributed by atoms with Crippen LogP contribution >= 0.6 is 34.8 Å². The van der Waals surface area contributed by atoms with E-state index in [1.165, 1.54) is 12.1 Å². The second-order valence-corrected chi connectivity index (χ2v) is 7.44. The minimum absolute atomic E-state index is 0.0158. The Bertz CT molecular complexity index is 859. The van der Waals surface area contributed by atoms with Crippen molar-refractivity contribution in [1.82, 2.24) is 9.88 Å². The van der Waals surface area contributed by atoms with Crippen LogP contribution in [0.5, 0.6) is 0 Å². The van der Waals surface area contributed by atoms with Gasteiger partial charge in [-0.2, -0.15) is 10.2 Å². The molecule has 0 radical (unpaired) electrons. The van der Waals surface area contributed by atoms with E-state index in [0.717, 1.165) is 25.8 Å². The molecule has 0 bridgehead atoms. The van der Waals surface area contributed by atoms with Crippen LogP contribution in [0.3, 0.4) is 0 Å². The van der Waals surface area contributed by atoms with E-state index in [1.807, 2.05) is 20.2 Å². The van der Waals surface area contributed by atoms with Crippen molar-refractivity contribution in [3.8, 4) is 17.5 Å². The van der Waals surface area contributed by atoms with Crippen LogP contribution in [-0.4, -0.2) is 36.4 Å². The monoisotopic (exact) mass is 428 g/mol. The molecule has 2 rings (SSSR count). The number of nitriles is 1. The molecule has 2 aromatic rings. The highest BCUT2D eigenvalue weighted by atomic mass is 35.5. The van der Waals surface area contributed by atoms with Crippen molar-refractivity contribution in [3.05, 3.63) is 32.9 Å². The van der Waals surface area contributed by atoms with Gasteiger partial charge in [0, 0.05) is 11.4 Å². The number of benzene rings is 1. The van der Waals surface area contributed by atoms with Crippen molar-refractivity contribution in [2.75, 3.05) is 26.0 Å². The van der Waals surface area contributed by atoms with Crippen molar-refractivity contribution in [1.29, 1.82) is 5.26 Å². The van der Waals surface area contributed by atoms with Crippen LogP contribution in [-0.2, 0) is 4.79 Å². The Labute approximate surface area is 173 Å². The Morgan fingerprint density at radius 1 is 1.26 bits per heavy atom. The molecule has 0 saturated carbocycles. The molecule has 144 valence electrons. The fraction of sp³-hybridized carbons (Fsp3) is 0.389. The number of halogens is 3. The Hall–Kier alpha value is -1.78. The van der Waals surface area contributed by atoms with E-state index in [4.69, 9.17) is 39.2 Å². The zero-order valence-electron chi connectivity index (χ0n) is 15.0. The molecular weight excluding hydrogens is 411 g/mol. The van der Waals surface area contributed by atoms with Gasteiger partial charge in [0.25, 0.3) is 0 Å². The number of unbranched alkanes of at least 4 members (excludes halogenated alkanes) is 2. The highest BCUT2D eigenvalue weighted by Gasteiger charge is 2.20. The van der Waals surface area contributed by atoms with Crippen LogP contribution < -0.4 is 5.32 Å². The number of rotatable bonds is 8. The van der Waals surface area contributed by atoms with E-state index in [2.05, 4.69) is 15.2 Å². The molecule has 0 aliphatic heterocycles. The standard InChI is InChI=1S/C18H19Cl3N4O2/c1-25(2)7-5-3-4-6-15(26)24-18-14(10-22)23-17(27-18)12-8-11(19)9-13(20)16(12)21/h8-9H,3-7H2,1-2H3,(H,24,26). The molecule has 1 aromatic heterocycles. The first-order chi connectivity index (χ1) is 12.8. The minimum atomic E-state index is -0.241. The van der Waals surface area contributed by atoms with Crippen LogP contribution in [0.2, 0.25) is 15.1 Å². The van der Waals surface area contributed by atoms with E-state index >= 15 is 0 Å². The summed E-state index contributed by atoms with van der Waals surface area (Å²) in [6.07, 6.45) is 3.04. The fourth-order valence-corrected chi connectivity index (χ4v) is 3.07. The molecule has 1 amide bonds. The molecule has 0 saturated heterocycles. The van der Waals surface area contributed by atoms with Crippen molar-refractivity contribution in [2.45, 2.75) is 25.7 Å². The predicted molar refractivity (Wildman–Crippen MR) is 107 cm³/mol. The molecule has 0 aliphatic carbocycles. The Balaban J connectivity index is 2.07. The van der Waals surface area contributed by atoms with E-state index in [0.29, 0.717) is 17.0 Å². The molecule has 0 fully saturated rings. The number of hydrogen-bond donors (Lipinski definition) is 1. The van der Waals surface area contributed by atoms with Gasteiger partial charge >= 0.3 is 0 Å². The third-order valence-electron chi connectivity index (χ3n) is 3.72. The summed E-state index contributed by atoms with van der Waals surface area (Å²) >= 11 is 18.2. The number of nitrogens with one attached hydrogen (secondary N) is 1. The minimum Gasteiger partial charge on any atom is -0.419 e. The Morgan fingerprint density at radius 2 is 2.00 bits per heavy atom. The first-order valence-electron chi connectivity index (χ1n) is 8.32. The predicted octanol–water partition coefficient (Wildman–Crippen LogP) is 5.23. The largest absolute Gasteiger partial charge is 0.419 e. The Kier molecular flexibility index (Phi) is 7.93. The first-order valence-corrected chi connectivity index (χ1v) is 9.45. The number of anilines is 1. The second kappa shape index (κ2) is 9.95. The molecule has 27 heavy (non-hydrogen) atoms. The lowest BCUT2D eigenvalue weighted by atomic mass is 10.2. The third-order valence-corrected chi connectivity index (χ3v) is 4.74. The summed E-state index contributed by atoms with van der Waals surface area (Å²) in [5, 5.41) is 12.6. The van der Waals surface area contributed by atoms with Crippen LogP contribution in [0.1, 0.15) is 31.4 Å². The van der Waals surface area contributed by atoms with Crippen LogP contribution in [0.15, 0.2) is 16.5 Å². The van der Waals surface area contributed by atoms with E-state index < -0.39 is 0 Å². The molecule has 1 aromatic carbocycles. The average molecular weight is 430 g/mol. The molecular formula is C18H19Cl3N4O2. The van der Waals surface area contributed by atoms with Gasteiger partial charge in [0.15, 0.2) is 0 Å². The zero-order valence-corrected chi connectivity index (χ0v) is 17.3. The summed E-state index contributed by atoms with van der Waals surface area (Å²) < 4.78 is 5.54. The number of nitrogens with zero attached hydrogens (tertiary/aromatic N) is 3. The summed E-state index contributed by atoms with van der Waals surface area (Å²) in [4.78, 5) is 18.3. The van der Waals surface area contributed by atoms with Crippen LogP contribution in [0, 0.1) is 11.3 Å². The van der Waals surface area contributed by atoms with Crippen LogP contribution in [0.4, 0.5) is 5.88 Å². The maximum Gasteiger partial charge on any atom is 0.239 e. The second-order valence-electron chi connectivity index (χ2n) is 6.22. The summed E-state index contributed by atoms with van der Waals surface area (Å²) in [6, 6.07) is 4.91. The van der Waals surface area contributed by atoms with Gasteiger partial charge in [0.05, 0.1) is 15.6 Å². The summed E-state index contributed by atoms with van der Waals surface area (Å²) in [6.45, 7) is 0.981. The first kappa shape index (κ1) is 21.5. The van der Waals surface area contributed by atoms with Crippen molar-refractivity contribution >= 4 is 46.6 Å². The van der Waals surface area contributed by atoms with E-state index in [9.17, 15) is 10.1 Å². The van der Waals surface area contributed by atoms with Gasteiger partial charge in [-0.15, -0.1) is 0 Å². The Morgan fingerprint density at radius 3 is 2.67 bits per heavy atom. The SMILES string of the molecule is CN(C)CCCCCC(=O)Nc1oc(-c2cc(Cl)cc(Cl)c2Cl)nc1C#N. The summed E-state index contributed by atoms with van der Waals surface area (Å²) in [5.74, 6) is -0.200. The number of aromatic nitrogens is 1. The lowest BCUT2D eigenvalue weighted by Gasteiger charge is -2.08. The van der Waals surface area contributed by atoms with Gasteiger partial charge in [-0.05, 0) is 45.6 Å². The van der Waals surface area contributed by atoms with Gasteiger partial charge in [0.2, 0.25) is 23.4 Å². The average Bonchev–Trinajstić information content (AvgIpc) is 3.00. The van der Waals surface area contributed by atoms with Gasteiger partial charge in [-0.3, -0.25) is 10.1 Å². The van der Waals surface area contributed by atoms with Crippen molar-refractivity contribution < 1.29 is 9.21 Å². The normalized spacial score (nSPS) is 10.9. The van der Waals surface area contributed by atoms with Crippen molar-refractivity contribution in [2.24, 2.45) is 0 Å². The van der Waals surface area contributed by atoms with E-state index in [1.54, 1.807) is 0 Å². The molecule has 1 heterocycles. The summed E-state index contributed by atoms with van der Waals surface area (Å²) in [7, 11) is 4.02. The van der Waals surface area contributed by atoms with Gasteiger partial charge in [-0.25, -0.2) is 0 Å². The number of hydrogen-bond acceptors (Lipinski definition) is 5.